The van der Waals surface area contributed by atoms with Gasteiger partial charge in [-0.15, -0.1) is 11.6 Å². The number of rotatable bonds is 9. The fourth-order valence-corrected chi connectivity index (χ4v) is 1.92. The van der Waals surface area contributed by atoms with E-state index in [2.05, 4.69) is 18.2 Å². The number of ether oxygens (including phenoxy) is 2. The van der Waals surface area contributed by atoms with Crippen molar-refractivity contribution in [3.63, 3.8) is 0 Å². The normalized spacial score (nSPS) is 10.6. The van der Waals surface area contributed by atoms with Crippen LogP contribution in [0.3, 0.4) is 0 Å². The van der Waals surface area contributed by atoms with Gasteiger partial charge in [0.05, 0.1) is 20.3 Å². The zero-order valence-electron chi connectivity index (χ0n) is 11.0. The van der Waals surface area contributed by atoms with Gasteiger partial charge in [-0.25, -0.2) is 0 Å². The Hall–Kier alpha value is -0.770. The first-order chi connectivity index (χ1) is 8.81. The van der Waals surface area contributed by atoms with E-state index in [9.17, 15) is 0 Å². The lowest BCUT2D eigenvalue weighted by Crippen LogP contribution is -2.10. The third kappa shape index (κ3) is 5.25. The van der Waals surface area contributed by atoms with Gasteiger partial charge in [-0.2, -0.15) is 0 Å². The van der Waals surface area contributed by atoms with Crippen molar-refractivity contribution in [1.29, 1.82) is 0 Å². The fourth-order valence-electron chi connectivity index (χ4n) is 1.79. The third-order valence-corrected chi connectivity index (χ3v) is 3.00. The molecule has 0 aliphatic heterocycles. The van der Waals surface area contributed by atoms with Gasteiger partial charge in [0.1, 0.15) is 5.75 Å². The van der Waals surface area contributed by atoms with Crippen LogP contribution in [0.15, 0.2) is 18.2 Å². The van der Waals surface area contributed by atoms with Crippen LogP contribution >= 0.6 is 11.6 Å². The van der Waals surface area contributed by atoms with E-state index in [1.807, 2.05) is 0 Å². The van der Waals surface area contributed by atoms with Crippen molar-refractivity contribution in [2.24, 2.45) is 5.73 Å². The zero-order valence-corrected chi connectivity index (χ0v) is 11.7. The van der Waals surface area contributed by atoms with E-state index >= 15 is 0 Å². The van der Waals surface area contributed by atoms with Crippen molar-refractivity contribution in [1.82, 2.24) is 0 Å². The first-order valence-corrected chi connectivity index (χ1v) is 6.84. The molecule has 1 aromatic carbocycles. The molecule has 102 valence electrons. The maximum Gasteiger partial charge on any atom is 0.122 e. The summed E-state index contributed by atoms with van der Waals surface area (Å²) in [5, 5.41) is 0. The van der Waals surface area contributed by atoms with Crippen LogP contribution in [-0.4, -0.2) is 32.7 Å². The molecule has 0 fully saturated rings. The van der Waals surface area contributed by atoms with Gasteiger partial charge in [-0.05, 0) is 36.5 Å². The molecule has 0 spiro atoms. The lowest BCUT2D eigenvalue weighted by atomic mass is 10.0. The Morgan fingerprint density at radius 3 is 2.72 bits per heavy atom. The van der Waals surface area contributed by atoms with Gasteiger partial charge in [0.2, 0.25) is 0 Å². The lowest BCUT2D eigenvalue weighted by Gasteiger charge is -2.11. The van der Waals surface area contributed by atoms with E-state index in [1.165, 1.54) is 11.1 Å². The quantitative estimate of drug-likeness (QED) is 0.554. The highest BCUT2D eigenvalue weighted by Crippen LogP contribution is 2.21. The Morgan fingerprint density at radius 1 is 1.22 bits per heavy atom. The first kappa shape index (κ1) is 15.3. The Labute approximate surface area is 114 Å². The standard InChI is InChI=1S/C14H22ClNO2/c1-17-14-11-12(3-2-7-15)4-5-13(14)6-9-18-10-8-16/h4-5,11H,2-3,6-10,16H2,1H3. The smallest absolute Gasteiger partial charge is 0.122 e. The van der Waals surface area contributed by atoms with Crippen LogP contribution in [0.4, 0.5) is 0 Å². The highest BCUT2D eigenvalue weighted by atomic mass is 35.5. The van der Waals surface area contributed by atoms with Crippen LogP contribution in [0.1, 0.15) is 17.5 Å². The molecule has 0 saturated carbocycles. The van der Waals surface area contributed by atoms with E-state index < -0.39 is 0 Å². The first-order valence-electron chi connectivity index (χ1n) is 6.31. The molecular weight excluding hydrogens is 250 g/mol. The van der Waals surface area contributed by atoms with E-state index in [0.29, 0.717) is 25.6 Å². The summed E-state index contributed by atoms with van der Waals surface area (Å²) in [6, 6.07) is 6.33. The van der Waals surface area contributed by atoms with Gasteiger partial charge in [-0.1, -0.05) is 12.1 Å². The molecule has 3 nitrogen and oxygen atoms in total. The molecule has 0 unspecified atom stereocenters. The molecule has 0 heterocycles. The van der Waals surface area contributed by atoms with Crippen molar-refractivity contribution in [3.05, 3.63) is 29.3 Å². The SMILES string of the molecule is COc1cc(CCCCl)ccc1CCOCCN. The minimum Gasteiger partial charge on any atom is -0.496 e. The second kappa shape index (κ2) is 9.20. The second-order valence-electron chi connectivity index (χ2n) is 4.09. The van der Waals surface area contributed by atoms with Crippen molar-refractivity contribution in [2.45, 2.75) is 19.3 Å². The van der Waals surface area contributed by atoms with Crippen LogP contribution in [0, 0.1) is 0 Å². The molecule has 2 N–H and O–H groups in total. The van der Waals surface area contributed by atoms with Crippen molar-refractivity contribution < 1.29 is 9.47 Å². The molecular formula is C14H22ClNO2. The lowest BCUT2D eigenvalue weighted by molar-refractivity contribution is 0.144. The van der Waals surface area contributed by atoms with Gasteiger partial charge >= 0.3 is 0 Å². The highest BCUT2D eigenvalue weighted by molar-refractivity contribution is 6.17. The highest BCUT2D eigenvalue weighted by Gasteiger charge is 2.04. The summed E-state index contributed by atoms with van der Waals surface area (Å²) in [6.07, 6.45) is 2.83. The van der Waals surface area contributed by atoms with Crippen molar-refractivity contribution in [3.8, 4) is 5.75 Å². The molecule has 18 heavy (non-hydrogen) atoms. The van der Waals surface area contributed by atoms with E-state index in [0.717, 1.165) is 25.0 Å². The molecule has 0 amide bonds. The number of aryl methyl sites for hydroxylation is 1. The molecule has 0 aliphatic carbocycles. The largest absolute Gasteiger partial charge is 0.496 e. The summed E-state index contributed by atoms with van der Waals surface area (Å²) in [7, 11) is 1.70. The molecule has 0 saturated heterocycles. The van der Waals surface area contributed by atoms with Gasteiger partial charge in [0, 0.05) is 12.4 Å². The molecule has 0 aliphatic rings. The van der Waals surface area contributed by atoms with Crippen LogP contribution in [0.2, 0.25) is 0 Å². The van der Waals surface area contributed by atoms with Crippen molar-refractivity contribution >= 4 is 11.6 Å². The summed E-state index contributed by atoms with van der Waals surface area (Å²) < 4.78 is 10.8. The Kier molecular flexibility index (Phi) is 7.81. The van der Waals surface area contributed by atoms with Gasteiger partial charge < -0.3 is 15.2 Å². The fraction of sp³-hybridized carbons (Fsp3) is 0.571. The molecule has 0 atom stereocenters. The van der Waals surface area contributed by atoms with Gasteiger partial charge in [0.25, 0.3) is 0 Å². The maximum atomic E-state index is 5.70. The summed E-state index contributed by atoms with van der Waals surface area (Å²) in [5.41, 5.74) is 7.80. The molecule has 0 bridgehead atoms. The second-order valence-corrected chi connectivity index (χ2v) is 4.47. The maximum absolute atomic E-state index is 5.70. The van der Waals surface area contributed by atoms with Gasteiger partial charge in [-0.3, -0.25) is 0 Å². The number of hydrogen-bond donors (Lipinski definition) is 1. The summed E-state index contributed by atoms with van der Waals surface area (Å²) >= 11 is 5.70. The molecule has 0 aromatic heterocycles. The van der Waals surface area contributed by atoms with Crippen LogP contribution in [0.5, 0.6) is 5.75 Å². The Morgan fingerprint density at radius 2 is 2.06 bits per heavy atom. The van der Waals surface area contributed by atoms with E-state index in [-0.39, 0.29) is 0 Å². The number of halogens is 1. The molecule has 0 radical (unpaired) electrons. The summed E-state index contributed by atoms with van der Waals surface area (Å²) in [6.45, 7) is 1.85. The predicted molar refractivity (Wildman–Crippen MR) is 75.6 cm³/mol. The molecule has 1 aromatic rings. The zero-order chi connectivity index (χ0) is 13.2. The van der Waals surface area contributed by atoms with Crippen LogP contribution in [-0.2, 0) is 17.6 Å². The third-order valence-electron chi connectivity index (χ3n) is 2.73. The van der Waals surface area contributed by atoms with E-state index in [1.54, 1.807) is 7.11 Å². The molecule has 1 rings (SSSR count). The Bertz CT molecular complexity index is 345. The minimum absolute atomic E-state index is 0.564. The average Bonchev–Trinajstić information content (AvgIpc) is 2.42. The summed E-state index contributed by atoms with van der Waals surface area (Å²) in [5.74, 6) is 1.62. The van der Waals surface area contributed by atoms with Crippen LogP contribution < -0.4 is 10.5 Å². The number of nitrogens with two attached hydrogens (primary N) is 1. The average molecular weight is 272 g/mol. The van der Waals surface area contributed by atoms with Crippen LogP contribution in [0.25, 0.3) is 0 Å². The number of benzene rings is 1. The monoisotopic (exact) mass is 271 g/mol. The predicted octanol–water partition coefficient (Wildman–Crippen LogP) is 2.38. The minimum atomic E-state index is 0.564. The number of alkyl halides is 1. The topological polar surface area (TPSA) is 44.5 Å². The molecule has 4 heteroatoms. The number of methoxy groups -OCH3 is 1. The van der Waals surface area contributed by atoms with Crippen molar-refractivity contribution in [2.75, 3.05) is 32.7 Å². The Balaban J connectivity index is 2.56. The number of hydrogen-bond acceptors (Lipinski definition) is 3. The van der Waals surface area contributed by atoms with E-state index in [4.69, 9.17) is 26.8 Å². The van der Waals surface area contributed by atoms with Gasteiger partial charge in [0.15, 0.2) is 0 Å². The summed E-state index contributed by atoms with van der Waals surface area (Å²) in [4.78, 5) is 0.